The first-order valence-electron chi connectivity index (χ1n) is 7.72. The van der Waals surface area contributed by atoms with E-state index in [9.17, 15) is 4.79 Å². The second kappa shape index (κ2) is 6.23. The normalized spacial score (nSPS) is 18.6. The van der Waals surface area contributed by atoms with Crippen LogP contribution in [0, 0.1) is 13.8 Å². The van der Waals surface area contributed by atoms with E-state index < -0.39 is 0 Å². The average molecular weight is 314 g/mol. The number of benzene rings is 1. The fraction of sp³-hybridized carbons (Fsp3) is 0.389. The molecule has 0 fully saturated rings. The minimum atomic E-state index is -0.141. The van der Waals surface area contributed by atoms with Crippen LogP contribution in [0.3, 0.4) is 0 Å². The second-order valence-corrected chi connectivity index (χ2v) is 7.47. The first-order valence-corrected chi connectivity index (χ1v) is 8.53. The third-order valence-corrected chi connectivity index (χ3v) is 5.28. The first kappa shape index (κ1) is 15.3. The van der Waals surface area contributed by atoms with Crippen molar-refractivity contribution in [1.82, 2.24) is 10.6 Å². The quantitative estimate of drug-likeness (QED) is 0.913. The third-order valence-electron chi connectivity index (χ3n) is 4.30. The molecule has 0 spiro atoms. The molecule has 0 radical (unpaired) electrons. The molecule has 1 aromatic carbocycles. The summed E-state index contributed by atoms with van der Waals surface area (Å²) in [6.07, 6.45) is 0.760. The Morgan fingerprint density at radius 2 is 2.05 bits per heavy atom. The molecular formula is C18H22N2OS. The summed E-state index contributed by atoms with van der Waals surface area (Å²) in [6, 6.07) is 10.4. The summed E-state index contributed by atoms with van der Waals surface area (Å²) in [5.41, 5.74) is 3.80. The van der Waals surface area contributed by atoms with E-state index in [1.54, 1.807) is 11.3 Å². The number of fused-ring (bicyclic) bond motifs is 1. The van der Waals surface area contributed by atoms with Crippen molar-refractivity contribution in [3.05, 3.63) is 56.8 Å². The Hall–Kier alpha value is -1.65. The molecule has 1 aliphatic rings. The molecule has 1 aromatic heterocycles. The number of carbonyl (C=O) groups is 1. The number of amides is 1. The molecule has 2 aromatic rings. The predicted octanol–water partition coefficient (Wildman–Crippen LogP) is 3.26. The molecule has 0 saturated carbocycles. The van der Waals surface area contributed by atoms with E-state index in [4.69, 9.17) is 0 Å². The van der Waals surface area contributed by atoms with Crippen LogP contribution >= 0.6 is 11.3 Å². The molecule has 1 aliphatic heterocycles. The van der Waals surface area contributed by atoms with Crippen LogP contribution < -0.4 is 10.6 Å². The maximum Gasteiger partial charge on any atom is 0.237 e. The van der Waals surface area contributed by atoms with Crippen LogP contribution in [-0.4, -0.2) is 11.9 Å². The van der Waals surface area contributed by atoms with Crippen LogP contribution in [0.5, 0.6) is 0 Å². The monoisotopic (exact) mass is 314 g/mol. The molecule has 22 heavy (non-hydrogen) atoms. The fourth-order valence-electron chi connectivity index (χ4n) is 3.11. The highest BCUT2D eigenvalue weighted by atomic mass is 32.1. The zero-order valence-electron chi connectivity index (χ0n) is 13.3. The molecule has 2 atom stereocenters. The molecule has 116 valence electrons. The molecule has 1 amide bonds. The summed E-state index contributed by atoms with van der Waals surface area (Å²) < 4.78 is 0. The lowest BCUT2D eigenvalue weighted by Crippen LogP contribution is -2.48. The first-order chi connectivity index (χ1) is 10.5. The van der Waals surface area contributed by atoms with Crippen LogP contribution in [0.15, 0.2) is 30.3 Å². The smallest absolute Gasteiger partial charge is 0.237 e. The van der Waals surface area contributed by atoms with Crippen LogP contribution in [0.4, 0.5) is 0 Å². The Morgan fingerprint density at radius 3 is 2.73 bits per heavy atom. The highest BCUT2D eigenvalue weighted by molar-refractivity contribution is 7.12. The van der Waals surface area contributed by atoms with Crippen molar-refractivity contribution in [2.45, 2.75) is 45.8 Å². The molecule has 0 saturated heterocycles. The minimum Gasteiger partial charge on any atom is -0.348 e. The number of nitrogens with one attached hydrogen (secondary N) is 2. The molecule has 0 bridgehead atoms. The molecule has 0 aliphatic carbocycles. The van der Waals surface area contributed by atoms with E-state index >= 15 is 0 Å². The highest BCUT2D eigenvalue weighted by Gasteiger charge is 2.25. The summed E-state index contributed by atoms with van der Waals surface area (Å²) in [6.45, 7) is 7.04. The standard InChI is InChI=1S/C18H22N2OS/c1-11-8-16(13(3)22-11)12(2)20-18(21)17-9-14-6-4-5-7-15(14)10-19-17/h4-8,12,17,19H,9-10H2,1-3H3,(H,20,21). The van der Waals surface area contributed by atoms with Crippen LogP contribution in [0.25, 0.3) is 0 Å². The second-order valence-electron chi connectivity index (χ2n) is 6.01. The molecule has 4 heteroatoms. The van der Waals surface area contributed by atoms with Crippen molar-refractivity contribution in [3.63, 3.8) is 0 Å². The van der Waals surface area contributed by atoms with Crippen molar-refractivity contribution >= 4 is 17.2 Å². The van der Waals surface area contributed by atoms with Gasteiger partial charge >= 0.3 is 0 Å². The third kappa shape index (κ3) is 3.08. The van der Waals surface area contributed by atoms with Crippen LogP contribution in [-0.2, 0) is 17.8 Å². The molecule has 3 nitrogen and oxygen atoms in total. The van der Waals surface area contributed by atoms with Gasteiger partial charge < -0.3 is 10.6 Å². The number of hydrogen-bond acceptors (Lipinski definition) is 3. The lowest BCUT2D eigenvalue weighted by molar-refractivity contribution is -0.124. The summed E-state index contributed by atoms with van der Waals surface area (Å²) in [5.74, 6) is 0.0882. The lowest BCUT2D eigenvalue weighted by atomic mass is 9.95. The van der Waals surface area contributed by atoms with Gasteiger partial charge in [-0.2, -0.15) is 0 Å². The van der Waals surface area contributed by atoms with Gasteiger partial charge in [-0.1, -0.05) is 24.3 Å². The Bertz CT molecular complexity index is 692. The molecular weight excluding hydrogens is 292 g/mol. The maximum atomic E-state index is 12.5. The average Bonchev–Trinajstić information content (AvgIpc) is 2.85. The van der Waals surface area contributed by atoms with Crippen molar-refractivity contribution in [2.24, 2.45) is 0 Å². The Morgan fingerprint density at radius 1 is 1.32 bits per heavy atom. The van der Waals surface area contributed by atoms with Gasteiger partial charge in [0.2, 0.25) is 5.91 Å². The molecule has 2 N–H and O–H groups in total. The van der Waals surface area contributed by atoms with Gasteiger partial charge in [0.25, 0.3) is 0 Å². The van der Waals surface area contributed by atoms with Gasteiger partial charge in [-0.15, -0.1) is 11.3 Å². The van der Waals surface area contributed by atoms with Gasteiger partial charge in [0.15, 0.2) is 0 Å². The van der Waals surface area contributed by atoms with Gasteiger partial charge in [0, 0.05) is 16.3 Å². The van der Waals surface area contributed by atoms with Crippen molar-refractivity contribution in [3.8, 4) is 0 Å². The van der Waals surface area contributed by atoms with Gasteiger partial charge in [-0.05, 0) is 49.9 Å². The van der Waals surface area contributed by atoms with Crippen molar-refractivity contribution in [1.29, 1.82) is 0 Å². The van der Waals surface area contributed by atoms with Gasteiger partial charge in [-0.25, -0.2) is 0 Å². The minimum absolute atomic E-state index is 0.0522. The molecule has 2 unspecified atom stereocenters. The van der Waals surface area contributed by atoms with Crippen LogP contribution in [0.1, 0.15) is 39.4 Å². The van der Waals surface area contributed by atoms with Crippen molar-refractivity contribution < 1.29 is 4.79 Å². The number of rotatable bonds is 3. The van der Waals surface area contributed by atoms with Crippen molar-refractivity contribution in [2.75, 3.05) is 0 Å². The number of aryl methyl sites for hydroxylation is 2. The van der Waals surface area contributed by atoms with Gasteiger partial charge in [-0.3, -0.25) is 4.79 Å². The topological polar surface area (TPSA) is 41.1 Å². The van der Waals surface area contributed by atoms with E-state index in [2.05, 4.69) is 49.6 Å². The van der Waals surface area contributed by atoms with Gasteiger partial charge in [0.05, 0.1) is 12.1 Å². The van der Waals surface area contributed by atoms with Crippen LogP contribution in [0.2, 0.25) is 0 Å². The number of hydrogen-bond donors (Lipinski definition) is 2. The summed E-state index contributed by atoms with van der Waals surface area (Å²) in [7, 11) is 0. The largest absolute Gasteiger partial charge is 0.348 e. The van der Waals surface area contributed by atoms with E-state index in [1.165, 1.54) is 26.4 Å². The van der Waals surface area contributed by atoms with E-state index in [1.807, 2.05) is 12.1 Å². The summed E-state index contributed by atoms with van der Waals surface area (Å²) >= 11 is 1.78. The molecule has 3 rings (SSSR count). The number of thiophene rings is 1. The zero-order valence-corrected chi connectivity index (χ0v) is 14.1. The predicted molar refractivity (Wildman–Crippen MR) is 91.1 cm³/mol. The zero-order chi connectivity index (χ0) is 15.7. The molecule has 2 heterocycles. The van der Waals surface area contributed by atoms with E-state index in [-0.39, 0.29) is 18.0 Å². The maximum absolute atomic E-state index is 12.5. The number of carbonyl (C=O) groups excluding carboxylic acids is 1. The van der Waals surface area contributed by atoms with Gasteiger partial charge in [0.1, 0.15) is 0 Å². The SMILES string of the molecule is Cc1cc(C(C)NC(=O)C2Cc3ccccc3CN2)c(C)s1. The van der Waals surface area contributed by atoms with E-state index in [0.717, 1.165) is 13.0 Å². The lowest BCUT2D eigenvalue weighted by Gasteiger charge is -2.26. The Kier molecular flexibility index (Phi) is 4.32. The fourth-order valence-corrected chi connectivity index (χ4v) is 4.13. The Labute approximate surface area is 135 Å². The Balaban J connectivity index is 1.67. The highest BCUT2D eigenvalue weighted by Crippen LogP contribution is 2.26. The van der Waals surface area contributed by atoms with E-state index in [0.29, 0.717) is 0 Å². The summed E-state index contributed by atoms with van der Waals surface area (Å²) in [5, 5.41) is 6.50. The summed E-state index contributed by atoms with van der Waals surface area (Å²) in [4.78, 5) is 15.1.